The minimum absolute atomic E-state index is 0.495. The number of benzene rings is 1. The Balaban J connectivity index is 1.98. The highest BCUT2D eigenvalue weighted by molar-refractivity contribution is 6.31. The first kappa shape index (κ1) is 13.4. The van der Waals surface area contributed by atoms with Crippen molar-refractivity contribution in [2.24, 2.45) is 0 Å². The van der Waals surface area contributed by atoms with Gasteiger partial charge in [-0.25, -0.2) is 0 Å². The Bertz CT molecular complexity index is 644. The zero-order chi connectivity index (χ0) is 14.2. The summed E-state index contributed by atoms with van der Waals surface area (Å²) >= 11 is 6.15. The molecule has 1 unspecified atom stereocenters. The summed E-state index contributed by atoms with van der Waals surface area (Å²) in [4.78, 5) is 3.98. The van der Waals surface area contributed by atoms with Crippen molar-refractivity contribution in [2.45, 2.75) is 24.9 Å². The lowest BCUT2D eigenvalue weighted by Gasteiger charge is -2.25. The number of hydrogen-bond donors (Lipinski definition) is 1. The maximum atomic E-state index is 11.0. The van der Waals surface area contributed by atoms with Gasteiger partial charge in [0.1, 0.15) is 5.75 Å². The van der Waals surface area contributed by atoms with Crippen LogP contribution >= 0.6 is 11.6 Å². The van der Waals surface area contributed by atoms with Crippen LogP contribution in [0.4, 0.5) is 0 Å². The Hall–Kier alpha value is -1.58. The molecule has 104 valence electrons. The molecule has 1 N–H and O–H groups in total. The molecule has 2 aromatic rings. The van der Waals surface area contributed by atoms with Crippen molar-refractivity contribution in [2.75, 3.05) is 7.11 Å². The summed E-state index contributed by atoms with van der Waals surface area (Å²) in [5, 5.41) is 11.6. The maximum absolute atomic E-state index is 11.0. The van der Waals surface area contributed by atoms with Crippen LogP contribution < -0.4 is 4.74 Å². The van der Waals surface area contributed by atoms with Crippen molar-refractivity contribution in [3.05, 3.63) is 58.4 Å². The lowest BCUT2D eigenvalue weighted by atomic mass is 9.89. The van der Waals surface area contributed by atoms with E-state index in [9.17, 15) is 5.11 Å². The Morgan fingerprint density at radius 2 is 2.25 bits per heavy atom. The second-order valence-electron chi connectivity index (χ2n) is 5.20. The van der Waals surface area contributed by atoms with Crippen LogP contribution in [-0.2, 0) is 18.4 Å². The van der Waals surface area contributed by atoms with Gasteiger partial charge >= 0.3 is 0 Å². The summed E-state index contributed by atoms with van der Waals surface area (Å²) in [6.45, 7) is 0. The lowest BCUT2D eigenvalue weighted by Crippen LogP contribution is -2.25. The Kier molecular flexibility index (Phi) is 3.40. The first-order valence-electron chi connectivity index (χ1n) is 6.60. The Morgan fingerprint density at radius 3 is 3.00 bits per heavy atom. The molecular formula is C16H16ClNO2. The Labute approximate surface area is 123 Å². The van der Waals surface area contributed by atoms with Crippen molar-refractivity contribution in [1.82, 2.24) is 4.98 Å². The summed E-state index contributed by atoms with van der Waals surface area (Å²) in [6.07, 6.45) is 5.38. The number of fused-ring (bicyclic) bond motifs is 1. The van der Waals surface area contributed by atoms with Crippen molar-refractivity contribution < 1.29 is 9.84 Å². The number of pyridine rings is 1. The number of aryl methyl sites for hydroxylation is 1. The zero-order valence-corrected chi connectivity index (χ0v) is 12.0. The number of methoxy groups -OCH3 is 1. The highest BCUT2D eigenvalue weighted by atomic mass is 35.5. The molecule has 0 saturated carbocycles. The van der Waals surface area contributed by atoms with E-state index >= 15 is 0 Å². The molecule has 1 aliphatic rings. The Morgan fingerprint density at radius 1 is 1.40 bits per heavy atom. The number of ether oxygens (including phenoxy) is 1. The standard InChI is InChI=1S/C16H16ClNO2/c1-20-13-3-2-11-4-6-16(19,14(11)8-13)9-12-5-7-18-10-15(12)17/h2-3,5,7-8,10,19H,4,6,9H2,1H3. The molecule has 4 heteroatoms. The fourth-order valence-electron chi connectivity index (χ4n) is 2.86. The maximum Gasteiger partial charge on any atom is 0.119 e. The van der Waals surface area contributed by atoms with E-state index in [4.69, 9.17) is 16.3 Å². The largest absolute Gasteiger partial charge is 0.497 e. The predicted octanol–water partition coefficient (Wildman–Crippen LogP) is 3.12. The van der Waals surface area contributed by atoms with Gasteiger partial charge in [0.2, 0.25) is 0 Å². The smallest absolute Gasteiger partial charge is 0.119 e. The molecule has 20 heavy (non-hydrogen) atoms. The second kappa shape index (κ2) is 5.08. The molecule has 0 saturated heterocycles. The molecule has 0 amide bonds. The van der Waals surface area contributed by atoms with E-state index in [0.29, 0.717) is 17.9 Å². The highest BCUT2D eigenvalue weighted by Gasteiger charge is 2.37. The molecule has 0 fully saturated rings. The van der Waals surface area contributed by atoms with E-state index in [-0.39, 0.29) is 0 Å². The third kappa shape index (κ3) is 2.28. The molecule has 3 nitrogen and oxygen atoms in total. The molecule has 0 aliphatic heterocycles. The minimum Gasteiger partial charge on any atom is -0.497 e. The van der Waals surface area contributed by atoms with Gasteiger partial charge < -0.3 is 9.84 Å². The van der Waals surface area contributed by atoms with Gasteiger partial charge in [0.25, 0.3) is 0 Å². The van der Waals surface area contributed by atoms with Gasteiger partial charge in [-0.3, -0.25) is 4.98 Å². The van der Waals surface area contributed by atoms with Crippen molar-refractivity contribution in [1.29, 1.82) is 0 Å². The topological polar surface area (TPSA) is 42.4 Å². The number of hydrogen-bond acceptors (Lipinski definition) is 3. The number of nitrogens with zero attached hydrogens (tertiary/aromatic N) is 1. The number of aliphatic hydroxyl groups is 1. The van der Waals surface area contributed by atoms with E-state index in [2.05, 4.69) is 4.98 Å². The molecule has 0 spiro atoms. The van der Waals surface area contributed by atoms with Crippen LogP contribution in [0.15, 0.2) is 36.7 Å². The molecular weight excluding hydrogens is 274 g/mol. The third-order valence-corrected chi connectivity index (χ3v) is 4.31. The van der Waals surface area contributed by atoms with Crippen molar-refractivity contribution >= 4 is 11.6 Å². The summed E-state index contributed by atoms with van der Waals surface area (Å²) in [6, 6.07) is 7.75. The SMILES string of the molecule is COc1ccc2c(c1)C(O)(Cc1ccncc1Cl)CC2. The fraction of sp³-hybridized carbons (Fsp3) is 0.312. The molecule has 1 aromatic heterocycles. The normalized spacial score (nSPS) is 20.8. The number of halogens is 1. The van der Waals surface area contributed by atoms with E-state index < -0.39 is 5.60 Å². The summed E-state index contributed by atoms with van der Waals surface area (Å²) in [5.74, 6) is 0.768. The second-order valence-corrected chi connectivity index (χ2v) is 5.61. The lowest BCUT2D eigenvalue weighted by molar-refractivity contribution is 0.0388. The van der Waals surface area contributed by atoms with Crippen LogP contribution in [0.2, 0.25) is 5.02 Å². The average Bonchev–Trinajstić information content (AvgIpc) is 2.78. The minimum atomic E-state index is -0.880. The van der Waals surface area contributed by atoms with E-state index in [1.807, 2.05) is 24.3 Å². The van der Waals surface area contributed by atoms with Gasteiger partial charge in [-0.15, -0.1) is 0 Å². The molecule has 3 rings (SSSR count). The summed E-state index contributed by atoms with van der Waals surface area (Å²) in [5.41, 5.74) is 2.16. The van der Waals surface area contributed by atoms with Crippen LogP contribution in [0.5, 0.6) is 5.75 Å². The predicted molar refractivity (Wildman–Crippen MR) is 78.2 cm³/mol. The van der Waals surface area contributed by atoms with E-state index in [1.165, 1.54) is 5.56 Å². The van der Waals surface area contributed by atoms with Gasteiger partial charge in [0.15, 0.2) is 0 Å². The van der Waals surface area contributed by atoms with Gasteiger partial charge in [-0.2, -0.15) is 0 Å². The van der Waals surface area contributed by atoms with Crippen molar-refractivity contribution in [3.8, 4) is 5.75 Å². The van der Waals surface area contributed by atoms with Gasteiger partial charge in [0, 0.05) is 18.8 Å². The molecule has 0 radical (unpaired) electrons. The average molecular weight is 290 g/mol. The molecule has 1 aliphatic carbocycles. The first-order chi connectivity index (χ1) is 9.62. The van der Waals surface area contributed by atoms with Crippen LogP contribution in [0.1, 0.15) is 23.1 Å². The monoisotopic (exact) mass is 289 g/mol. The molecule has 1 aromatic carbocycles. The van der Waals surface area contributed by atoms with Crippen molar-refractivity contribution in [3.63, 3.8) is 0 Å². The molecule has 1 heterocycles. The first-order valence-corrected chi connectivity index (χ1v) is 6.98. The molecule has 1 atom stereocenters. The quantitative estimate of drug-likeness (QED) is 0.944. The van der Waals surface area contributed by atoms with Crippen LogP contribution in [0.25, 0.3) is 0 Å². The fourth-order valence-corrected chi connectivity index (χ4v) is 3.04. The zero-order valence-electron chi connectivity index (χ0n) is 11.3. The third-order valence-electron chi connectivity index (χ3n) is 3.97. The van der Waals surface area contributed by atoms with Crippen LogP contribution in [0.3, 0.4) is 0 Å². The summed E-state index contributed by atoms with van der Waals surface area (Å²) < 4.78 is 5.26. The van der Waals surface area contributed by atoms with Gasteiger partial charge in [-0.05, 0) is 47.7 Å². The number of aromatic nitrogens is 1. The van der Waals surface area contributed by atoms with Crippen LogP contribution in [-0.4, -0.2) is 17.2 Å². The van der Waals surface area contributed by atoms with Crippen LogP contribution in [0, 0.1) is 0 Å². The van der Waals surface area contributed by atoms with E-state index in [1.54, 1.807) is 19.5 Å². The van der Waals surface area contributed by atoms with Gasteiger partial charge in [-0.1, -0.05) is 17.7 Å². The highest BCUT2D eigenvalue weighted by Crippen LogP contribution is 2.41. The number of rotatable bonds is 3. The van der Waals surface area contributed by atoms with Gasteiger partial charge in [0.05, 0.1) is 17.7 Å². The van der Waals surface area contributed by atoms with E-state index in [0.717, 1.165) is 23.3 Å². The molecule has 0 bridgehead atoms. The summed E-state index contributed by atoms with van der Waals surface area (Å²) in [7, 11) is 1.63.